The summed E-state index contributed by atoms with van der Waals surface area (Å²) in [7, 11) is 0. The molecule has 2 atom stereocenters. The van der Waals surface area contributed by atoms with E-state index < -0.39 is 0 Å². The quantitative estimate of drug-likeness (QED) is 0.749. The number of rotatable bonds is 8. The zero-order valence-electron chi connectivity index (χ0n) is 10.9. The largest absolute Gasteiger partial charge is 0.396 e. The van der Waals surface area contributed by atoms with E-state index in [-0.39, 0.29) is 18.6 Å². The van der Waals surface area contributed by atoms with Crippen LogP contribution in [0, 0.1) is 5.92 Å². The van der Waals surface area contributed by atoms with E-state index in [9.17, 15) is 5.11 Å². The highest BCUT2D eigenvalue weighted by Gasteiger charge is 2.16. The van der Waals surface area contributed by atoms with Crippen LogP contribution in [-0.2, 0) is 11.3 Å². The first-order valence-electron chi connectivity index (χ1n) is 6.54. The van der Waals surface area contributed by atoms with Gasteiger partial charge in [-0.05, 0) is 18.9 Å². The maximum absolute atomic E-state index is 9.34. The van der Waals surface area contributed by atoms with Crippen LogP contribution in [0.2, 0.25) is 0 Å². The van der Waals surface area contributed by atoms with Gasteiger partial charge in [0.15, 0.2) is 0 Å². The second-order valence-corrected chi connectivity index (χ2v) is 4.59. The summed E-state index contributed by atoms with van der Waals surface area (Å²) in [6.45, 7) is 5.07. The molecule has 0 aromatic heterocycles. The van der Waals surface area contributed by atoms with E-state index in [1.165, 1.54) is 12.0 Å². The van der Waals surface area contributed by atoms with E-state index in [0.29, 0.717) is 6.61 Å². The van der Waals surface area contributed by atoms with Gasteiger partial charge in [0.1, 0.15) is 0 Å². The Hall–Kier alpha value is -0.860. The van der Waals surface area contributed by atoms with Crippen LogP contribution in [0.25, 0.3) is 0 Å². The summed E-state index contributed by atoms with van der Waals surface area (Å²) < 4.78 is 5.82. The average Bonchev–Trinajstić information content (AvgIpc) is 2.38. The minimum atomic E-state index is 0.117. The molecule has 96 valence electrons. The molecule has 0 heterocycles. The molecule has 0 spiro atoms. The number of ether oxygens (including phenoxy) is 1. The minimum absolute atomic E-state index is 0.117. The highest BCUT2D eigenvalue weighted by Crippen LogP contribution is 2.16. The number of aliphatic hydroxyl groups is 1. The maximum atomic E-state index is 9.34. The summed E-state index contributed by atoms with van der Waals surface area (Å²) in [5, 5.41) is 9.34. The molecule has 0 saturated heterocycles. The second-order valence-electron chi connectivity index (χ2n) is 4.59. The third-order valence-corrected chi connectivity index (χ3v) is 3.18. The number of hydrogen-bond acceptors (Lipinski definition) is 2. The fourth-order valence-corrected chi connectivity index (χ4v) is 1.88. The van der Waals surface area contributed by atoms with Crippen molar-refractivity contribution >= 4 is 0 Å². The van der Waals surface area contributed by atoms with Crippen molar-refractivity contribution in [3.8, 4) is 0 Å². The average molecular weight is 236 g/mol. The van der Waals surface area contributed by atoms with Crippen molar-refractivity contribution in [3.63, 3.8) is 0 Å². The first kappa shape index (κ1) is 14.2. The Morgan fingerprint density at radius 1 is 1.24 bits per heavy atom. The van der Waals surface area contributed by atoms with Crippen LogP contribution in [0.5, 0.6) is 0 Å². The lowest BCUT2D eigenvalue weighted by molar-refractivity contribution is -0.00812. The van der Waals surface area contributed by atoms with Crippen molar-refractivity contribution in [1.29, 1.82) is 0 Å². The molecule has 1 aromatic rings. The van der Waals surface area contributed by atoms with Crippen LogP contribution >= 0.6 is 0 Å². The molecule has 0 aliphatic rings. The van der Waals surface area contributed by atoms with Gasteiger partial charge in [-0.15, -0.1) is 0 Å². The van der Waals surface area contributed by atoms with Gasteiger partial charge in [-0.1, -0.05) is 50.1 Å². The Labute approximate surface area is 105 Å². The minimum Gasteiger partial charge on any atom is -0.396 e. The molecule has 0 aliphatic heterocycles. The molecule has 0 saturated carbocycles. The fraction of sp³-hybridized carbons (Fsp3) is 0.600. The lowest BCUT2D eigenvalue weighted by Crippen LogP contribution is -2.24. The second kappa shape index (κ2) is 8.26. The van der Waals surface area contributed by atoms with Gasteiger partial charge in [0.05, 0.1) is 12.7 Å². The first-order valence-corrected chi connectivity index (χ1v) is 6.54. The summed E-state index contributed by atoms with van der Waals surface area (Å²) in [6, 6.07) is 10.2. The van der Waals surface area contributed by atoms with E-state index in [0.717, 1.165) is 12.8 Å². The fourth-order valence-electron chi connectivity index (χ4n) is 1.88. The third kappa shape index (κ3) is 5.33. The molecular weight excluding hydrogens is 212 g/mol. The van der Waals surface area contributed by atoms with Crippen LogP contribution in [-0.4, -0.2) is 17.8 Å². The monoisotopic (exact) mass is 236 g/mol. The Kier molecular flexibility index (Phi) is 6.90. The number of unbranched alkanes of at least 4 members (excludes halogenated alkanes) is 1. The van der Waals surface area contributed by atoms with Gasteiger partial charge < -0.3 is 9.84 Å². The van der Waals surface area contributed by atoms with E-state index in [1.54, 1.807) is 0 Å². The molecule has 0 fully saturated rings. The molecule has 2 nitrogen and oxygen atoms in total. The molecule has 2 heteroatoms. The first-order chi connectivity index (χ1) is 8.27. The number of benzene rings is 1. The summed E-state index contributed by atoms with van der Waals surface area (Å²) >= 11 is 0. The molecule has 1 N–H and O–H groups in total. The Balaban J connectivity index is 2.34. The Bertz CT molecular complexity index is 284. The van der Waals surface area contributed by atoms with Crippen molar-refractivity contribution < 1.29 is 9.84 Å². The van der Waals surface area contributed by atoms with Gasteiger partial charge in [-0.25, -0.2) is 0 Å². The SMILES string of the molecule is CCCC[C@H](CO)[C@H](C)OCc1ccccc1. The molecular formula is C15H24O2. The maximum Gasteiger partial charge on any atom is 0.0720 e. The summed E-state index contributed by atoms with van der Waals surface area (Å²) in [5.41, 5.74) is 1.19. The number of hydrogen-bond donors (Lipinski definition) is 1. The topological polar surface area (TPSA) is 29.5 Å². The van der Waals surface area contributed by atoms with Crippen LogP contribution in [0.1, 0.15) is 38.7 Å². The molecule has 0 radical (unpaired) electrons. The van der Waals surface area contributed by atoms with Gasteiger partial charge in [-0.3, -0.25) is 0 Å². The van der Waals surface area contributed by atoms with Crippen LogP contribution < -0.4 is 0 Å². The molecule has 17 heavy (non-hydrogen) atoms. The predicted molar refractivity (Wildman–Crippen MR) is 70.8 cm³/mol. The van der Waals surface area contributed by atoms with E-state index in [4.69, 9.17) is 4.74 Å². The normalized spacial score (nSPS) is 14.5. The highest BCUT2D eigenvalue weighted by atomic mass is 16.5. The molecule has 0 unspecified atom stereocenters. The van der Waals surface area contributed by atoms with Gasteiger partial charge in [0, 0.05) is 12.5 Å². The summed E-state index contributed by atoms with van der Waals surface area (Å²) in [5.74, 6) is 0.263. The third-order valence-electron chi connectivity index (χ3n) is 3.18. The molecule has 0 amide bonds. The molecule has 1 aromatic carbocycles. The molecule has 1 rings (SSSR count). The lowest BCUT2D eigenvalue weighted by atomic mass is 9.98. The predicted octanol–water partition coefficient (Wildman–Crippen LogP) is 3.39. The Morgan fingerprint density at radius 3 is 2.53 bits per heavy atom. The van der Waals surface area contributed by atoms with Crippen molar-refractivity contribution in [1.82, 2.24) is 0 Å². The van der Waals surface area contributed by atoms with E-state index >= 15 is 0 Å². The van der Waals surface area contributed by atoms with Crippen LogP contribution in [0.3, 0.4) is 0 Å². The zero-order valence-corrected chi connectivity index (χ0v) is 10.9. The van der Waals surface area contributed by atoms with Crippen molar-refractivity contribution in [2.75, 3.05) is 6.61 Å². The van der Waals surface area contributed by atoms with Crippen LogP contribution in [0.15, 0.2) is 30.3 Å². The van der Waals surface area contributed by atoms with Crippen molar-refractivity contribution in [3.05, 3.63) is 35.9 Å². The van der Waals surface area contributed by atoms with Crippen molar-refractivity contribution in [2.24, 2.45) is 5.92 Å². The Morgan fingerprint density at radius 2 is 1.94 bits per heavy atom. The van der Waals surface area contributed by atoms with Gasteiger partial charge in [0.2, 0.25) is 0 Å². The smallest absolute Gasteiger partial charge is 0.0720 e. The van der Waals surface area contributed by atoms with Gasteiger partial charge >= 0.3 is 0 Å². The molecule has 0 bridgehead atoms. The van der Waals surface area contributed by atoms with Gasteiger partial charge in [0.25, 0.3) is 0 Å². The van der Waals surface area contributed by atoms with Gasteiger partial charge in [-0.2, -0.15) is 0 Å². The number of aliphatic hydroxyl groups excluding tert-OH is 1. The zero-order chi connectivity index (χ0) is 12.5. The molecule has 0 aliphatic carbocycles. The summed E-state index contributed by atoms with van der Waals surface area (Å²) in [6.07, 6.45) is 3.49. The summed E-state index contributed by atoms with van der Waals surface area (Å²) in [4.78, 5) is 0. The van der Waals surface area contributed by atoms with Crippen molar-refractivity contribution in [2.45, 2.75) is 45.8 Å². The standard InChI is InChI=1S/C15H24O2/c1-3-4-10-15(11-16)13(2)17-12-14-8-6-5-7-9-14/h5-9,13,15-16H,3-4,10-12H2,1-2H3/t13-,15+/m0/s1. The lowest BCUT2D eigenvalue weighted by Gasteiger charge is -2.22. The van der Waals surface area contributed by atoms with E-state index in [1.807, 2.05) is 18.2 Å². The van der Waals surface area contributed by atoms with E-state index in [2.05, 4.69) is 26.0 Å². The van der Waals surface area contributed by atoms with Crippen LogP contribution in [0.4, 0.5) is 0 Å². The highest BCUT2D eigenvalue weighted by molar-refractivity contribution is 5.13.